The zero-order valence-corrected chi connectivity index (χ0v) is 16.6. The topological polar surface area (TPSA) is 61.9 Å². The van der Waals surface area contributed by atoms with Crippen LogP contribution < -0.4 is 14.2 Å². The maximum Gasteiger partial charge on any atom is 0.288 e. The first kappa shape index (κ1) is 18.5. The lowest BCUT2D eigenvalue weighted by atomic mass is 10.2. The Morgan fingerprint density at radius 3 is 2.75 bits per heavy atom. The van der Waals surface area contributed by atoms with Crippen LogP contribution in [-0.4, -0.2) is 42.1 Å². The highest BCUT2D eigenvalue weighted by molar-refractivity contribution is 7.71. The largest absolute Gasteiger partial charge is 0.493 e. The van der Waals surface area contributed by atoms with Gasteiger partial charge in [0.25, 0.3) is 4.84 Å². The first-order valence-corrected chi connectivity index (χ1v) is 9.32. The van der Waals surface area contributed by atoms with Gasteiger partial charge in [-0.15, -0.1) is 5.10 Å². The third kappa shape index (κ3) is 3.74. The van der Waals surface area contributed by atoms with Crippen molar-refractivity contribution in [3.63, 3.8) is 0 Å². The van der Waals surface area contributed by atoms with E-state index in [9.17, 15) is 0 Å². The Balaban J connectivity index is 1.56. The lowest BCUT2D eigenvalue weighted by Gasteiger charge is -2.18. The normalized spacial score (nSPS) is 14.1. The molecule has 146 valence electrons. The maximum atomic E-state index is 5.82. The Morgan fingerprint density at radius 2 is 1.93 bits per heavy atom. The zero-order valence-electron chi connectivity index (χ0n) is 15.8. The summed E-state index contributed by atoms with van der Waals surface area (Å²) in [5.41, 5.74) is 1.92. The summed E-state index contributed by atoms with van der Waals surface area (Å²) in [6.45, 7) is 2.67. The van der Waals surface area contributed by atoms with Crippen molar-refractivity contribution >= 4 is 12.2 Å². The second-order valence-corrected chi connectivity index (χ2v) is 6.74. The molecule has 0 bridgehead atoms. The number of aromatic nitrogens is 2. The Morgan fingerprint density at radius 1 is 1.11 bits per heavy atom. The van der Waals surface area contributed by atoms with E-state index in [4.69, 9.17) is 30.8 Å². The van der Waals surface area contributed by atoms with Crippen molar-refractivity contribution < 1.29 is 18.6 Å². The second-order valence-electron chi connectivity index (χ2n) is 6.39. The van der Waals surface area contributed by atoms with Crippen molar-refractivity contribution in [2.75, 3.05) is 27.4 Å². The summed E-state index contributed by atoms with van der Waals surface area (Å²) in [6, 6.07) is 13.6. The van der Waals surface area contributed by atoms with Crippen LogP contribution in [0.2, 0.25) is 0 Å². The third-order valence-corrected chi connectivity index (χ3v) is 4.90. The molecule has 0 fully saturated rings. The Bertz CT molecular complexity index is 1030. The van der Waals surface area contributed by atoms with Gasteiger partial charge in [0.2, 0.25) is 5.89 Å². The molecule has 0 spiro atoms. The average Bonchev–Trinajstić information content (AvgIpc) is 2.96. The van der Waals surface area contributed by atoms with E-state index in [1.807, 2.05) is 36.4 Å². The molecule has 0 saturated carbocycles. The number of hydrogen-bond donors (Lipinski definition) is 0. The zero-order chi connectivity index (χ0) is 19.5. The molecular formula is C20H21N3O4S. The van der Waals surface area contributed by atoms with E-state index >= 15 is 0 Å². The molecule has 1 aliphatic heterocycles. The molecule has 0 atom stereocenters. The number of hydrogen-bond acceptors (Lipinski definition) is 7. The highest BCUT2D eigenvalue weighted by Gasteiger charge is 2.18. The molecule has 8 heteroatoms. The molecule has 2 aromatic carbocycles. The van der Waals surface area contributed by atoms with Crippen LogP contribution in [0, 0.1) is 4.84 Å². The smallest absolute Gasteiger partial charge is 0.288 e. The predicted molar refractivity (Wildman–Crippen MR) is 106 cm³/mol. The van der Waals surface area contributed by atoms with Crippen molar-refractivity contribution in [3.8, 4) is 28.7 Å². The van der Waals surface area contributed by atoms with Crippen LogP contribution in [0.15, 0.2) is 46.9 Å². The molecule has 2 heterocycles. The van der Waals surface area contributed by atoms with Gasteiger partial charge >= 0.3 is 0 Å². The molecule has 1 aliphatic rings. The molecule has 0 radical (unpaired) electrons. The van der Waals surface area contributed by atoms with Crippen LogP contribution in [-0.2, 0) is 13.2 Å². The van der Waals surface area contributed by atoms with Gasteiger partial charge in [-0.25, -0.2) is 4.68 Å². The summed E-state index contributed by atoms with van der Waals surface area (Å²) >= 11 is 5.38. The highest BCUT2D eigenvalue weighted by atomic mass is 32.1. The van der Waals surface area contributed by atoms with E-state index in [0.29, 0.717) is 35.5 Å². The summed E-state index contributed by atoms with van der Waals surface area (Å²) in [6.07, 6.45) is 0. The van der Waals surface area contributed by atoms with Crippen LogP contribution in [0.4, 0.5) is 0 Å². The first-order chi connectivity index (χ1) is 13.7. The van der Waals surface area contributed by atoms with E-state index < -0.39 is 0 Å². The van der Waals surface area contributed by atoms with Gasteiger partial charge < -0.3 is 18.6 Å². The fourth-order valence-corrected chi connectivity index (χ4v) is 3.35. The molecule has 28 heavy (non-hydrogen) atoms. The minimum absolute atomic E-state index is 0.322. The SMILES string of the molecule is COc1ccc(-c2nn(CN3CCOc4ccccc4C3)c(=S)o2)cc1OC. The first-order valence-electron chi connectivity index (χ1n) is 8.91. The van der Waals surface area contributed by atoms with Gasteiger partial charge in [-0.3, -0.25) is 4.90 Å². The second kappa shape index (κ2) is 8.04. The van der Waals surface area contributed by atoms with Crippen LogP contribution in [0.5, 0.6) is 17.2 Å². The lowest BCUT2D eigenvalue weighted by Crippen LogP contribution is -2.28. The summed E-state index contributed by atoms with van der Waals surface area (Å²) in [5, 5.41) is 4.56. The molecule has 0 saturated heterocycles. The summed E-state index contributed by atoms with van der Waals surface area (Å²) < 4.78 is 23.9. The van der Waals surface area contributed by atoms with Gasteiger partial charge in [0.15, 0.2) is 11.5 Å². The van der Waals surface area contributed by atoms with E-state index in [1.54, 1.807) is 18.9 Å². The summed E-state index contributed by atoms with van der Waals surface area (Å²) in [7, 11) is 3.19. The third-order valence-electron chi connectivity index (χ3n) is 4.60. The van der Waals surface area contributed by atoms with Gasteiger partial charge in [-0.05, 0) is 36.5 Å². The number of nitrogens with zero attached hydrogens (tertiary/aromatic N) is 3. The number of rotatable bonds is 5. The van der Waals surface area contributed by atoms with Crippen molar-refractivity contribution in [1.29, 1.82) is 0 Å². The maximum absolute atomic E-state index is 5.82. The Labute approximate surface area is 168 Å². The van der Waals surface area contributed by atoms with Crippen LogP contribution in [0.25, 0.3) is 11.5 Å². The predicted octanol–water partition coefficient (Wildman–Crippen LogP) is 3.74. The van der Waals surface area contributed by atoms with Crippen LogP contribution in [0.3, 0.4) is 0 Å². The molecule has 0 unspecified atom stereocenters. The monoisotopic (exact) mass is 399 g/mol. The van der Waals surface area contributed by atoms with Crippen molar-refractivity contribution in [2.24, 2.45) is 0 Å². The summed E-state index contributed by atoms with van der Waals surface area (Å²) in [4.78, 5) is 2.55. The van der Waals surface area contributed by atoms with Crippen molar-refractivity contribution in [1.82, 2.24) is 14.7 Å². The van der Waals surface area contributed by atoms with Gasteiger partial charge in [0.05, 0.1) is 20.9 Å². The van der Waals surface area contributed by atoms with E-state index in [2.05, 4.69) is 16.1 Å². The quantitative estimate of drug-likeness (QED) is 0.606. The molecule has 4 rings (SSSR count). The lowest BCUT2D eigenvalue weighted by molar-refractivity contribution is 0.175. The number of fused-ring (bicyclic) bond motifs is 1. The Hall–Kier alpha value is -2.84. The van der Waals surface area contributed by atoms with Crippen molar-refractivity contribution in [3.05, 3.63) is 52.9 Å². The number of ether oxygens (including phenoxy) is 3. The number of benzene rings is 2. The molecule has 0 aliphatic carbocycles. The molecule has 0 N–H and O–H groups in total. The fourth-order valence-electron chi connectivity index (χ4n) is 3.17. The van der Waals surface area contributed by atoms with Crippen molar-refractivity contribution in [2.45, 2.75) is 13.2 Å². The van der Waals surface area contributed by atoms with Gasteiger partial charge in [0, 0.05) is 24.2 Å². The Kier molecular flexibility index (Phi) is 5.31. The average molecular weight is 399 g/mol. The van der Waals surface area contributed by atoms with Gasteiger partial charge in [0.1, 0.15) is 12.4 Å². The van der Waals surface area contributed by atoms with Gasteiger partial charge in [-0.1, -0.05) is 18.2 Å². The molecule has 7 nitrogen and oxygen atoms in total. The molecule has 1 aromatic heterocycles. The fraction of sp³-hybridized carbons (Fsp3) is 0.300. The summed E-state index contributed by atoms with van der Waals surface area (Å²) in [5.74, 6) is 2.63. The molecule has 0 amide bonds. The minimum Gasteiger partial charge on any atom is -0.493 e. The molecule has 3 aromatic rings. The molecular weight excluding hydrogens is 378 g/mol. The van der Waals surface area contributed by atoms with Crippen LogP contribution in [0.1, 0.15) is 5.56 Å². The van der Waals surface area contributed by atoms with E-state index in [0.717, 1.165) is 30.0 Å². The highest BCUT2D eigenvalue weighted by Crippen LogP contribution is 2.32. The number of para-hydroxylation sites is 1. The number of methoxy groups -OCH3 is 2. The van der Waals surface area contributed by atoms with Crippen LogP contribution >= 0.6 is 12.2 Å². The van der Waals surface area contributed by atoms with E-state index in [1.165, 1.54) is 0 Å². The van der Waals surface area contributed by atoms with Gasteiger partial charge in [-0.2, -0.15) is 0 Å². The van der Waals surface area contributed by atoms with E-state index in [-0.39, 0.29) is 0 Å². The standard InChI is InChI=1S/C20H21N3O4S/c1-24-17-8-7-14(11-18(17)25-2)19-21-23(20(28)27-19)13-22-9-10-26-16-6-4-3-5-15(16)12-22/h3-8,11H,9-10,12-13H2,1-2H3. The minimum atomic E-state index is 0.322.